The molecule has 0 heterocycles. The highest BCUT2D eigenvalue weighted by Crippen LogP contribution is 2.35. The van der Waals surface area contributed by atoms with Crippen LogP contribution in [0.2, 0.25) is 0 Å². The van der Waals surface area contributed by atoms with Crippen molar-refractivity contribution in [2.45, 2.75) is 26.2 Å². The van der Waals surface area contributed by atoms with Crippen LogP contribution in [0, 0.1) is 0 Å². The molecule has 4 nitrogen and oxygen atoms in total. The summed E-state index contributed by atoms with van der Waals surface area (Å²) in [6, 6.07) is 18.5. The zero-order chi connectivity index (χ0) is 19.2. The summed E-state index contributed by atoms with van der Waals surface area (Å²) in [7, 11) is 0. The van der Waals surface area contributed by atoms with Crippen LogP contribution in [-0.4, -0.2) is 16.0 Å². The standard InChI is InChI=1S/C23H22O4/c1-2-3-6-16-9-11-17(12-10-16)23(26)19-7-4-5-8-21(19)27-22-15-18(24)13-14-20(22)25/h4-5,7-15,24-25H,2-3,6H2,1H3. The molecule has 0 amide bonds. The third-order valence-electron chi connectivity index (χ3n) is 4.33. The fourth-order valence-corrected chi connectivity index (χ4v) is 2.81. The predicted octanol–water partition coefficient (Wildman–Crippen LogP) is 5.46. The molecule has 27 heavy (non-hydrogen) atoms. The normalized spacial score (nSPS) is 10.6. The molecule has 138 valence electrons. The molecule has 0 atom stereocenters. The summed E-state index contributed by atoms with van der Waals surface area (Å²) in [5.41, 5.74) is 2.18. The summed E-state index contributed by atoms with van der Waals surface area (Å²) in [5, 5.41) is 19.5. The number of aromatic hydroxyl groups is 2. The minimum absolute atomic E-state index is 0.0331. The lowest BCUT2D eigenvalue weighted by atomic mass is 10.00. The van der Waals surface area contributed by atoms with Gasteiger partial charge in [0, 0.05) is 11.6 Å². The maximum atomic E-state index is 12.9. The van der Waals surface area contributed by atoms with E-state index in [2.05, 4.69) is 6.92 Å². The Hall–Kier alpha value is -3.27. The largest absolute Gasteiger partial charge is 0.508 e. The van der Waals surface area contributed by atoms with Crippen molar-refractivity contribution < 1.29 is 19.7 Å². The van der Waals surface area contributed by atoms with Crippen molar-refractivity contribution >= 4 is 5.78 Å². The molecule has 4 heteroatoms. The number of hydrogen-bond donors (Lipinski definition) is 2. The third kappa shape index (κ3) is 4.47. The van der Waals surface area contributed by atoms with Crippen molar-refractivity contribution in [3.05, 3.63) is 83.4 Å². The number of hydrogen-bond acceptors (Lipinski definition) is 4. The number of ether oxygens (including phenoxy) is 1. The Morgan fingerprint density at radius 2 is 1.67 bits per heavy atom. The first-order chi connectivity index (χ1) is 13.1. The van der Waals surface area contributed by atoms with Crippen LogP contribution in [-0.2, 0) is 6.42 Å². The van der Waals surface area contributed by atoms with Crippen molar-refractivity contribution in [3.63, 3.8) is 0 Å². The lowest BCUT2D eigenvalue weighted by Gasteiger charge is -2.12. The SMILES string of the molecule is CCCCc1ccc(C(=O)c2ccccc2Oc2cc(O)ccc2O)cc1. The third-order valence-corrected chi connectivity index (χ3v) is 4.33. The molecule has 2 N–H and O–H groups in total. The smallest absolute Gasteiger partial charge is 0.196 e. The summed E-state index contributed by atoms with van der Waals surface area (Å²) in [6.45, 7) is 2.15. The fourth-order valence-electron chi connectivity index (χ4n) is 2.81. The number of aryl methyl sites for hydroxylation is 1. The van der Waals surface area contributed by atoms with Gasteiger partial charge in [-0.3, -0.25) is 4.79 Å². The zero-order valence-electron chi connectivity index (χ0n) is 15.2. The highest BCUT2D eigenvalue weighted by molar-refractivity contribution is 6.10. The Balaban J connectivity index is 1.86. The van der Waals surface area contributed by atoms with Gasteiger partial charge in [0.2, 0.25) is 0 Å². The summed E-state index contributed by atoms with van der Waals surface area (Å²) < 4.78 is 5.71. The topological polar surface area (TPSA) is 66.8 Å². The second-order valence-corrected chi connectivity index (χ2v) is 6.38. The molecule has 0 bridgehead atoms. The molecule has 0 aliphatic carbocycles. The van der Waals surface area contributed by atoms with Crippen LogP contribution in [0.3, 0.4) is 0 Å². The number of carbonyl (C=O) groups excluding carboxylic acids is 1. The number of carbonyl (C=O) groups is 1. The van der Waals surface area contributed by atoms with E-state index in [-0.39, 0.29) is 23.0 Å². The van der Waals surface area contributed by atoms with Crippen LogP contribution in [0.25, 0.3) is 0 Å². The molecular formula is C23H22O4. The van der Waals surface area contributed by atoms with Gasteiger partial charge in [-0.2, -0.15) is 0 Å². The molecule has 0 fully saturated rings. The molecule has 0 saturated carbocycles. The fraction of sp³-hybridized carbons (Fsp3) is 0.174. The van der Waals surface area contributed by atoms with E-state index in [0.717, 1.165) is 19.3 Å². The van der Waals surface area contributed by atoms with Gasteiger partial charge in [0.1, 0.15) is 11.5 Å². The van der Waals surface area contributed by atoms with Crippen molar-refractivity contribution in [1.29, 1.82) is 0 Å². The Labute approximate surface area is 158 Å². The molecule has 0 aromatic heterocycles. The van der Waals surface area contributed by atoms with E-state index >= 15 is 0 Å². The minimum Gasteiger partial charge on any atom is -0.508 e. The van der Waals surface area contributed by atoms with Crippen molar-refractivity contribution in [3.8, 4) is 23.0 Å². The van der Waals surface area contributed by atoms with E-state index in [9.17, 15) is 15.0 Å². The minimum atomic E-state index is -0.160. The number of phenols is 2. The van der Waals surface area contributed by atoms with Crippen LogP contribution in [0.4, 0.5) is 0 Å². The molecule has 0 aliphatic heterocycles. The molecule has 0 radical (unpaired) electrons. The van der Waals surface area contributed by atoms with E-state index in [1.54, 1.807) is 24.3 Å². The van der Waals surface area contributed by atoms with Crippen LogP contribution in [0.5, 0.6) is 23.0 Å². The van der Waals surface area contributed by atoms with Gasteiger partial charge in [0.05, 0.1) is 5.56 Å². The van der Waals surface area contributed by atoms with Gasteiger partial charge in [-0.1, -0.05) is 49.7 Å². The Kier molecular flexibility index (Phi) is 5.77. The summed E-state index contributed by atoms with van der Waals surface area (Å²) in [4.78, 5) is 12.9. The predicted molar refractivity (Wildman–Crippen MR) is 105 cm³/mol. The second kappa shape index (κ2) is 8.41. The van der Waals surface area contributed by atoms with Gasteiger partial charge in [-0.25, -0.2) is 0 Å². The van der Waals surface area contributed by atoms with Gasteiger partial charge in [0.15, 0.2) is 17.3 Å². The Morgan fingerprint density at radius 1 is 0.926 bits per heavy atom. The maximum Gasteiger partial charge on any atom is 0.196 e. The average Bonchev–Trinajstić information content (AvgIpc) is 2.69. The quantitative estimate of drug-likeness (QED) is 0.432. The first-order valence-electron chi connectivity index (χ1n) is 9.01. The summed E-state index contributed by atoms with van der Waals surface area (Å²) in [5.74, 6) is 0.0977. The number of para-hydroxylation sites is 1. The number of phenolic OH excluding ortho intramolecular Hbond substituents is 2. The highest BCUT2D eigenvalue weighted by Gasteiger charge is 2.16. The molecule has 3 rings (SSSR count). The van der Waals surface area contributed by atoms with Crippen molar-refractivity contribution in [2.75, 3.05) is 0 Å². The van der Waals surface area contributed by atoms with E-state index in [0.29, 0.717) is 16.9 Å². The van der Waals surface area contributed by atoms with Gasteiger partial charge < -0.3 is 14.9 Å². The Morgan fingerprint density at radius 3 is 2.41 bits per heavy atom. The monoisotopic (exact) mass is 362 g/mol. The lowest BCUT2D eigenvalue weighted by Crippen LogP contribution is -2.04. The molecule has 0 saturated heterocycles. The van der Waals surface area contributed by atoms with Gasteiger partial charge in [-0.05, 0) is 42.7 Å². The van der Waals surface area contributed by atoms with Gasteiger partial charge in [0.25, 0.3) is 0 Å². The van der Waals surface area contributed by atoms with Crippen molar-refractivity contribution in [1.82, 2.24) is 0 Å². The van der Waals surface area contributed by atoms with E-state index in [1.807, 2.05) is 24.3 Å². The Bertz CT molecular complexity index is 929. The van der Waals surface area contributed by atoms with E-state index in [4.69, 9.17) is 4.74 Å². The first-order valence-corrected chi connectivity index (χ1v) is 9.01. The van der Waals surface area contributed by atoms with E-state index in [1.165, 1.54) is 23.8 Å². The van der Waals surface area contributed by atoms with Crippen LogP contribution >= 0.6 is 0 Å². The summed E-state index contributed by atoms with van der Waals surface area (Å²) >= 11 is 0. The van der Waals surface area contributed by atoms with Crippen LogP contribution in [0.1, 0.15) is 41.3 Å². The lowest BCUT2D eigenvalue weighted by molar-refractivity contribution is 0.103. The molecule has 0 unspecified atom stereocenters. The van der Waals surface area contributed by atoms with Crippen molar-refractivity contribution in [2.24, 2.45) is 0 Å². The van der Waals surface area contributed by atoms with E-state index < -0.39 is 0 Å². The zero-order valence-corrected chi connectivity index (χ0v) is 15.2. The highest BCUT2D eigenvalue weighted by atomic mass is 16.5. The maximum absolute atomic E-state index is 12.9. The number of rotatable bonds is 7. The van der Waals surface area contributed by atoms with Crippen LogP contribution < -0.4 is 4.74 Å². The number of benzene rings is 3. The van der Waals surface area contributed by atoms with Crippen LogP contribution in [0.15, 0.2) is 66.7 Å². The first kappa shape index (κ1) is 18.5. The molecule has 0 spiro atoms. The number of ketones is 1. The van der Waals surface area contributed by atoms with Gasteiger partial charge >= 0.3 is 0 Å². The molecule has 3 aromatic carbocycles. The molecule has 3 aromatic rings. The molecular weight excluding hydrogens is 340 g/mol. The second-order valence-electron chi connectivity index (χ2n) is 6.38. The molecule has 0 aliphatic rings. The number of unbranched alkanes of at least 4 members (excludes halogenated alkanes) is 1. The summed E-state index contributed by atoms with van der Waals surface area (Å²) in [6.07, 6.45) is 3.26. The average molecular weight is 362 g/mol. The van der Waals surface area contributed by atoms with Gasteiger partial charge in [-0.15, -0.1) is 0 Å².